The summed E-state index contributed by atoms with van der Waals surface area (Å²) >= 11 is 0. The number of fused-ring (bicyclic) bond motifs is 1. The Kier molecular flexibility index (Phi) is 11.8. The molecule has 1 aromatic heterocycles. The Morgan fingerprint density at radius 3 is 2.45 bits per heavy atom. The molecule has 0 bridgehead atoms. The van der Waals surface area contributed by atoms with E-state index < -0.39 is 0 Å². The monoisotopic (exact) mass is 687 g/mol. The van der Waals surface area contributed by atoms with E-state index in [2.05, 4.69) is 56.7 Å². The molecule has 3 N–H and O–H groups in total. The van der Waals surface area contributed by atoms with Gasteiger partial charge in [-0.25, -0.2) is 0 Å². The average molecular weight is 688 g/mol. The number of piperazine rings is 1. The molecule has 0 radical (unpaired) electrons. The number of hydrogen-bond acceptors (Lipinski definition) is 7. The van der Waals surface area contributed by atoms with Gasteiger partial charge in [0.05, 0.1) is 17.4 Å². The summed E-state index contributed by atoms with van der Waals surface area (Å²) in [7, 11) is 1.80. The van der Waals surface area contributed by atoms with Crippen molar-refractivity contribution in [2.75, 3.05) is 69.6 Å². The van der Waals surface area contributed by atoms with Gasteiger partial charge in [-0.3, -0.25) is 24.3 Å². The lowest BCUT2D eigenvalue weighted by molar-refractivity contribution is 0.0774. The Morgan fingerprint density at radius 1 is 0.882 bits per heavy atom. The predicted molar refractivity (Wildman–Crippen MR) is 203 cm³/mol. The molecule has 1 aliphatic heterocycles. The molecule has 1 aliphatic carbocycles. The molecule has 10 nitrogen and oxygen atoms in total. The van der Waals surface area contributed by atoms with E-state index in [4.69, 9.17) is 0 Å². The lowest BCUT2D eigenvalue weighted by atomic mass is 9.87. The highest BCUT2D eigenvalue weighted by molar-refractivity contribution is 6.08. The van der Waals surface area contributed by atoms with E-state index in [1.54, 1.807) is 54.5 Å². The van der Waals surface area contributed by atoms with Gasteiger partial charge < -0.3 is 25.8 Å². The number of likely N-dealkylation sites (N-methyl/N-ethyl adjacent to an activating group) is 1. The number of aryl methyl sites for hydroxylation is 1. The highest BCUT2D eigenvalue weighted by atomic mass is 16.2. The quantitative estimate of drug-likeness (QED) is 0.177. The Labute approximate surface area is 301 Å². The van der Waals surface area contributed by atoms with Gasteiger partial charge in [0.2, 0.25) is 0 Å². The van der Waals surface area contributed by atoms with E-state index in [0.717, 1.165) is 70.8 Å². The first-order valence-corrected chi connectivity index (χ1v) is 18.2. The third kappa shape index (κ3) is 8.64. The molecule has 6 rings (SSSR count). The number of nitrogens with one attached hydrogen (secondary N) is 3. The summed E-state index contributed by atoms with van der Waals surface area (Å²) in [5.74, 6) is -0.625. The first-order valence-electron chi connectivity index (χ1n) is 18.2. The van der Waals surface area contributed by atoms with E-state index in [9.17, 15) is 14.4 Å². The SMILES string of the molecule is CCN(CC)c1ccc(NC(=O)c2cccc(C(=O)N(C)CCN3CCNCC3)c2)c(-c2cc(C(=O)NC3CCCc4ccccc43)ccn2)c1. The molecule has 1 saturated heterocycles. The zero-order valence-electron chi connectivity index (χ0n) is 30.0. The molecule has 1 fully saturated rings. The maximum atomic E-state index is 13.8. The van der Waals surface area contributed by atoms with Crippen LogP contribution in [0.15, 0.2) is 85.1 Å². The Morgan fingerprint density at radius 2 is 1.65 bits per heavy atom. The molecule has 10 heteroatoms. The second-order valence-corrected chi connectivity index (χ2v) is 13.3. The smallest absolute Gasteiger partial charge is 0.255 e. The van der Waals surface area contributed by atoms with Gasteiger partial charge in [0.1, 0.15) is 0 Å². The van der Waals surface area contributed by atoms with Crippen LogP contribution in [0.1, 0.15) is 74.9 Å². The minimum atomic E-state index is -0.338. The lowest BCUT2D eigenvalue weighted by Gasteiger charge is -2.29. The highest BCUT2D eigenvalue weighted by Gasteiger charge is 2.23. The van der Waals surface area contributed by atoms with Gasteiger partial charge in [0.15, 0.2) is 0 Å². The molecular weight excluding hydrogens is 638 g/mol. The van der Waals surface area contributed by atoms with Crippen LogP contribution in [-0.2, 0) is 6.42 Å². The fraction of sp³-hybridized carbons (Fsp3) is 0.366. The number of benzene rings is 3. The number of aromatic nitrogens is 1. The van der Waals surface area contributed by atoms with Gasteiger partial charge >= 0.3 is 0 Å². The van der Waals surface area contributed by atoms with Crippen LogP contribution in [0.3, 0.4) is 0 Å². The average Bonchev–Trinajstić information content (AvgIpc) is 3.18. The van der Waals surface area contributed by atoms with Gasteiger partial charge in [0.25, 0.3) is 17.7 Å². The van der Waals surface area contributed by atoms with Crippen molar-refractivity contribution >= 4 is 29.1 Å². The summed E-state index contributed by atoms with van der Waals surface area (Å²) in [6.07, 6.45) is 4.58. The largest absolute Gasteiger partial charge is 0.372 e. The van der Waals surface area contributed by atoms with E-state index in [1.807, 2.05) is 30.3 Å². The van der Waals surface area contributed by atoms with Crippen molar-refractivity contribution in [3.05, 3.63) is 113 Å². The van der Waals surface area contributed by atoms with Gasteiger partial charge in [-0.2, -0.15) is 0 Å². The van der Waals surface area contributed by atoms with Crippen LogP contribution in [0.4, 0.5) is 11.4 Å². The number of amides is 3. The Bertz CT molecular complexity index is 1850. The number of anilines is 2. The summed E-state index contributed by atoms with van der Waals surface area (Å²) in [5, 5.41) is 9.69. The molecule has 4 aromatic rings. The van der Waals surface area contributed by atoms with Gasteiger partial charge in [0, 0.05) is 93.5 Å². The topological polar surface area (TPSA) is 110 Å². The zero-order chi connectivity index (χ0) is 35.7. The van der Waals surface area contributed by atoms with Gasteiger partial charge in [-0.1, -0.05) is 30.3 Å². The summed E-state index contributed by atoms with van der Waals surface area (Å²) < 4.78 is 0. The molecule has 0 spiro atoms. The van der Waals surface area contributed by atoms with Crippen LogP contribution in [0.25, 0.3) is 11.3 Å². The zero-order valence-corrected chi connectivity index (χ0v) is 30.0. The summed E-state index contributed by atoms with van der Waals surface area (Å²) in [4.78, 5) is 51.7. The second-order valence-electron chi connectivity index (χ2n) is 13.3. The molecule has 2 aliphatic rings. The van der Waals surface area contributed by atoms with E-state index in [1.165, 1.54) is 11.1 Å². The van der Waals surface area contributed by atoms with E-state index >= 15 is 0 Å². The third-order valence-electron chi connectivity index (χ3n) is 10.0. The predicted octanol–water partition coefficient (Wildman–Crippen LogP) is 5.63. The number of pyridine rings is 1. The molecule has 3 amide bonds. The minimum Gasteiger partial charge on any atom is -0.372 e. The number of carbonyl (C=O) groups is 3. The van der Waals surface area contributed by atoms with E-state index in [0.29, 0.717) is 40.2 Å². The number of hydrogen-bond donors (Lipinski definition) is 3. The first-order chi connectivity index (χ1) is 24.8. The third-order valence-corrected chi connectivity index (χ3v) is 10.0. The molecular formula is C41H49N7O3. The second kappa shape index (κ2) is 16.8. The maximum Gasteiger partial charge on any atom is 0.255 e. The van der Waals surface area contributed by atoms with Crippen LogP contribution in [0, 0.1) is 0 Å². The van der Waals surface area contributed by atoms with Crippen molar-refractivity contribution in [2.45, 2.75) is 39.2 Å². The van der Waals surface area contributed by atoms with Crippen molar-refractivity contribution in [3.8, 4) is 11.3 Å². The normalized spacial score (nSPS) is 15.8. The Balaban J connectivity index is 1.22. The van der Waals surface area contributed by atoms with Crippen LogP contribution < -0.4 is 20.9 Å². The number of carbonyl (C=O) groups excluding carboxylic acids is 3. The first kappa shape index (κ1) is 35.8. The minimum absolute atomic E-state index is 0.0467. The highest BCUT2D eigenvalue weighted by Crippen LogP contribution is 2.33. The summed E-state index contributed by atoms with van der Waals surface area (Å²) in [6, 6.07) is 24.5. The summed E-state index contributed by atoms with van der Waals surface area (Å²) in [5.41, 5.74) is 6.62. The molecule has 1 unspecified atom stereocenters. The molecule has 2 heterocycles. The van der Waals surface area contributed by atoms with Crippen LogP contribution in [0.2, 0.25) is 0 Å². The van der Waals surface area contributed by atoms with Crippen LogP contribution >= 0.6 is 0 Å². The Hall–Kier alpha value is -5.06. The molecule has 1 atom stereocenters. The molecule has 266 valence electrons. The van der Waals surface area contributed by atoms with Crippen LogP contribution in [0.5, 0.6) is 0 Å². The number of nitrogens with zero attached hydrogens (tertiary/aromatic N) is 4. The van der Waals surface area contributed by atoms with Crippen molar-refractivity contribution in [1.82, 2.24) is 25.4 Å². The molecule has 51 heavy (non-hydrogen) atoms. The van der Waals surface area contributed by atoms with Crippen molar-refractivity contribution in [3.63, 3.8) is 0 Å². The maximum absolute atomic E-state index is 13.8. The van der Waals surface area contributed by atoms with Crippen molar-refractivity contribution in [2.24, 2.45) is 0 Å². The van der Waals surface area contributed by atoms with Crippen LogP contribution in [-0.4, -0.2) is 91.9 Å². The van der Waals surface area contributed by atoms with Crippen molar-refractivity contribution in [1.29, 1.82) is 0 Å². The fourth-order valence-corrected chi connectivity index (χ4v) is 7.04. The number of rotatable bonds is 12. The molecule has 3 aromatic carbocycles. The lowest BCUT2D eigenvalue weighted by Crippen LogP contribution is -2.46. The summed E-state index contributed by atoms with van der Waals surface area (Å²) in [6.45, 7) is 11.1. The van der Waals surface area contributed by atoms with Gasteiger partial charge in [-0.05, 0) is 92.8 Å². The van der Waals surface area contributed by atoms with Crippen molar-refractivity contribution < 1.29 is 14.4 Å². The van der Waals surface area contributed by atoms with Gasteiger partial charge in [-0.15, -0.1) is 0 Å². The van der Waals surface area contributed by atoms with E-state index in [-0.39, 0.29) is 23.8 Å². The standard InChI is InChI=1S/C41H49N7O3/c1-4-48(5-2)33-16-17-37(45-39(49)30-12-8-13-32(26-30)41(51)46(3)24-25-47-22-20-42-21-23-47)35(28-33)38-27-31(18-19-43-38)40(50)44-36-15-9-11-29-10-6-7-14-34(29)36/h6-8,10,12-14,16-19,26-28,36,42H,4-5,9,11,15,20-25H2,1-3H3,(H,44,50)(H,45,49). The fourth-order valence-electron chi connectivity index (χ4n) is 7.04. The molecule has 0 saturated carbocycles.